The Labute approximate surface area is 115 Å². The molecule has 6 heteroatoms. The van der Waals surface area contributed by atoms with Crippen molar-refractivity contribution in [2.24, 2.45) is 0 Å². The van der Waals surface area contributed by atoms with Crippen LogP contribution in [0.2, 0.25) is 0 Å². The van der Waals surface area contributed by atoms with Crippen molar-refractivity contribution in [3.8, 4) is 16.9 Å². The minimum Gasteiger partial charge on any atom is -0.503 e. The Balaban J connectivity index is 2.84. The highest BCUT2D eigenvalue weighted by Gasteiger charge is 2.31. The van der Waals surface area contributed by atoms with E-state index in [1.54, 1.807) is 0 Å². The molecular weight excluding hydrogens is 260 g/mol. The summed E-state index contributed by atoms with van der Waals surface area (Å²) in [6, 6.07) is 0. The molecule has 2 rings (SSSR count). The molecular formula is C14H18N2O4. The number of hydrogen-bond acceptors (Lipinski definition) is 4. The smallest absolute Gasteiger partial charge is 0.275 e. The third-order valence-corrected chi connectivity index (χ3v) is 3.30. The summed E-state index contributed by atoms with van der Waals surface area (Å²) in [5.41, 5.74) is -2.14. The Hall–Kier alpha value is -2.11. The summed E-state index contributed by atoms with van der Waals surface area (Å²) in [6.45, 7) is 9.27. The normalized spacial score (nSPS) is 12.5. The average Bonchev–Trinajstić information content (AvgIpc) is 2.67. The van der Waals surface area contributed by atoms with Crippen molar-refractivity contribution in [2.45, 2.75) is 46.1 Å². The highest BCUT2D eigenvalue weighted by atomic mass is 16.3. The van der Waals surface area contributed by atoms with Crippen molar-refractivity contribution in [2.75, 3.05) is 0 Å². The van der Waals surface area contributed by atoms with Crippen molar-refractivity contribution in [1.29, 1.82) is 0 Å². The Morgan fingerprint density at radius 2 is 1.60 bits per heavy atom. The maximum atomic E-state index is 12.5. The Morgan fingerprint density at radius 1 is 1.05 bits per heavy atom. The van der Waals surface area contributed by atoms with E-state index in [1.165, 1.54) is 4.68 Å². The summed E-state index contributed by atoms with van der Waals surface area (Å²) >= 11 is 0. The lowest BCUT2D eigenvalue weighted by atomic mass is 9.96. The van der Waals surface area contributed by atoms with Crippen LogP contribution in [0.5, 0.6) is 5.75 Å². The van der Waals surface area contributed by atoms with Crippen molar-refractivity contribution >= 4 is 0 Å². The van der Waals surface area contributed by atoms with Crippen LogP contribution in [0.3, 0.4) is 0 Å². The summed E-state index contributed by atoms with van der Waals surface area (Å²) < 4.78 is 1.41. The molecule has 1 aromatic carbocycles. The first-order chi connectivity index (χ1) is 9.07. The molecule has 2 N–H and O–H groups in total. The second-order valence-corrected chi connectivity index (χ2v) is 6.25. The molecule has 6 nitrogen and oxygen atoms in total. The van der Waals surface area contributed by atoms with Gasteiger partial charge in [-0.2, -0.15) is 0 Å². The maximum absolute atomic E-state index is 12.5. The van der Waals surface area contributed by atoms with Gasteiger partial charge in [0.15, 0.2) is 5.75 Å². The number of aromatic amines is 1. The SMILES string of the molecule is CC(C)c1[nH]n(C(C)(C)C)c(=O)c1-c1c(O)c(=O)c1=O. The minimum atomic E-state index is -0.933. The zero-order chi connectivity index (χ0) is 15.4. The zero-order valence-corrected chi connectivity index (χ0v) is 12.2. The summed E-state index contributed by atoms with van der Waals surface area (Å²) in [4.78, 5) is 35.3. The Morgan fingerprint density at radius 3 is 2.00 bits per heavy atom. The standard InChI is InChI=1S/C14H18N2O4/c1-6(2)9-7(8-10(17)12(19)11(8)18)13(20)16(15-9)14(3,4)5/h6,15,17H,1-5H3. The topological polar surface area (TPSA) is 92.2 Å². The van der Waals surface area contributed by atoms with E-state index in [1.807, 2.05) is 34.6 Å². The van der Waals surface area contributed by atoms with E-state index in [-0.39, 0.29) is 17.0 Å². The van der Waals surface area contributed by atoms with Crippen LogP contribution in [-0.4, -0.2) is 14.9 Å². The molecule has 0 unspecified atom stereocenters. The van der Waals surface area contributed by atoms with Crippen molar-refractivity contribution in [3.63, 3.8) is 0 Å². The molecule has 0 saturated carbocycles. The second-order valence-electron chi connectivity index (χ2n) is 6.25. The predicted octanol–water partition coefficient (Wildman–Crippen LogP) is 1.02. The van der Waals surface area contributed by atoms with Gasteiger partial charge in [-0.1, -0.05) is 13.8 Å². The fourth-order valence-electron chi connectivity index (χ4n) is 2.20. The van der Waals surface area contributed by atoms with Gasteiger partial charge in [0.1, 0.15) is 0 Å². The molecule has 0 bridgehead atoms. The lowest BCUT2D eigenvalue weighted by Gasteiger charge is -2.19. The van der Waals surface area contributed by atoms with E-state index in [9.17, 15) is 19.5 Å². The van der Waals surface area contributed by atoms with Gasteiger partial charge < -0.3 is 5.11 Å². The monoisotopic (exact) mass is 278 g/mol. The number of nitrogens with zero attached hydrogens (tertiary/aromatic N) is 1. The highest BCUT2D eigenvalue weighted by Crippen LogP contribution is 2.29. The van der Waals surface area contributed by atoms with Crippen LogP contribution in [-0.2, 0) is 5.54 Å². The van der Waals surface area contributed by atoms with Crippen molar-refractivity contribution < 1.29 is 5.11 Å². The van der Waals surface area contributed by atoms with Gasteiger partial charge in [0, 0.05) is 5.69 Å². The molecule has 0 fully saturated rings. The number of nitrogens with one attached hydrogen (secondary N) is 1. The number of hydrogen-bond donors (Lipinski definition) is 2. The van der Waals surface area contributed by atoms with E-state index < -0.39 is 27.7 Å². The van der Waals surface area contributed by atoms with Crippen LogP contribution >= 0.6 is 0 Å². The first-order valence-corrected chi connectivity index (χ1v) is 6.45. The zero-order valence-electron chi connectivity index (χ0n) is 12.2. The summed E-state index contributed by atoms with van der Waals surface area (Å²) in [5.74, 6) is -0.667. The van der Waals surface area contributed by atoms with Gasteiger partial charge in [-0.25, -0.2) is 4.68 Å². The Kier molecular flexibility index (Phi) is 3.00. The van der Waals surface area contributed by atoms with E-state index in [2.05, 4.69) is 5.10 Å². The first-order valence-electron chi connectivity index (χ1n) is 6.45. The van der Waals surface area contributed by atoms with Crippen LogP contribution in [0.15, 0.2) is 14.4 Å². The number of aromatic hydroxyl groups is 1. The van der Waals surface area contributed by atoms with Gasteiger partial charge in [0.25, 0.3) is 11.0 Å². The van der Waals surface area contributed by atoms with Crippen molar-refractivity contribution in [1.82, 2.24) is 9.78 Å². The average molecular weight is 278 g/mol. The molecule has 0 aliphatic heterocycles. The summed E-state index contributed by atoms with van der Waals surface area (Å²) in [5, 5.41) is 12.6. The van der Waals surface area contributed by atoms with Gasteiger partial charge in [-0.15, -0.1) is 0 Å². The van der Waals surface area contributed by atoms with E-state index >= 15 is 0 Å². The van der Waals surface area contributed by atoms with Crippen LogP contribution in [0, 0.1) is 0 Å². The quantitative estimate of drug-likeness (QED) is 0.802. The fourth-order valence-corrected chi connectivity index (χ4v) is 2.20. The van der Waals surface area contributed by atoms with E-state index in [4.69, 9.17) is 0 Å². The van der Waals surface area contributed by atoms with Crippen molar-refractivity contribution in [3.05, 3.63) is 36.5 Å². The summed E-state index contributed by atoms with van der Waals surface area (Å²) in [6.07, 6.45) is 0. The molecule has 0 spiro atoms. The predicted molar refractivity (Wildman–Crippen MR) is 76.2 cm³/mol. The molecule has 20 heavy (non-hydrogen) atoms. The maximum Gasteiger partial charge on any atom is 0.275 e. The second kappa shape index (κ2) is 4.19. The highest BCUT2D eigenvalue weighted by molar-refractivity contribution is 5.75. The van der Waals surface area contributed by atoms with Crippen LogP contribution in [0.4, 0.5) is 0 Å². The van der Waals surface area contributed by atoms with Gasteiger partial charge >= 0.3 is 0 Å². The molecule has 0 radical (unpaired) electrons. The molecule has 2 aromatic rings. The van der Waals surface area contributed by atoms with Crippen LogP contribution < -0.4 is 16.4 Å². The van der Waals surface area contributed by atoms with E-state index in [0.717, 1.165) is 0 Å². The molecule has 0 amide bonds. The molecule has 1 heterocycles. The first kappa shape index (κ1) is 14.3. The number of H-pyrrole nitrogens is 1. The molecule has 108 valence electrons. The van der Waals surface area contributed by atoms with Gasteiger partial charge in [-0.05, 0) is 26.7 Å². The lowest BCUT2D eigenvalue weighted by Crippen LogP contribution is -2.36. The molecule has 0 atom stereocenters. The number of aromatic nitrogens is 2. The third-order valence-electron chi connectivity index (χ3n) is 3.30. The molecule has 0 aliphatic rings. The Bertz CT molecular complexity index is 793. The largest absolute Gasteiger partial charge is 0.503 e. The third kappa shape index (κ3) is 1.83. The minimum absolute atomic E-state index is 0.0508. The van der Waals surface area contributed by atoms with Gasteiger partial charge in [-0.3, -0.25) is 19.5 Å². The lowest BCUT2D eigenvalue weighted by molar-refractivity contribution is 0.342. The van der Waals surface area contributed by atoms with Crippen LogP contribution in [0.25, 0.3) is 11.1 Å². The van der Waals surface area contributed by atoms with Crippen LogP contribution in [0.1, 0.15) is 46.2 Å². The summed E-state index contributed by atoms with van der Waals surface area (Å²) in [7, 11) is 0. The van der Waals surface area contributed by atoms with E-state index in [0.29, 0.717) is 5.69 Å². The number of rotatable bonds is 2. The molecule has 0 saturated heterocycles. The molecule has 0 aliphatic carbocycles. The van der Waals surface area contributed by atoms with Gasteiger partial charge in [0.05, 0.1) is 16.7 Å². The van der Waals surface area contributed by atoms with Gasteiger partial charge in [0.2, 0.25) is 5.43 Å². The fraction of sp³-hybridized carbons (Fsp3) is 0.500. The molecule has 1 aromatic heterocycles.